The number of rotatable bonds is 8. The minimum absolute atomic E-state index is 0.903. The molecule has 17 heavy (non-hydrogen) atoms. The molecule has 0 aliphatic rings. The minimum Gasteiger partial charge on any atom is -0.384 e. The zero-order chi connectivity index (χ0) is 12.5. The van der Waals surface area contributed by atoms with Crippen LogP contribution in [-0.2, 0) is 0 Å². The number of nitrogens with zero attached hydrogens (tertiary/aromatic N) is 1. The van der Waals surface area contributed by atoms with E-state index in [1.54, 1.807) is 0 Å². The topological polar surface area (TPSA) is 24.9 Å². The van der Waals surface area contributed by atoms with Crippen molar-refractivity contribution in [3.63, 3.8) is 0 Å². The molecule has 0 aliphatic heterocycles. The van der Waals surface area contributed by atoms with Crippen LogP contribution in [0.5, 0.6) is 0 Å². The van der Waals surface area contributed by atoms with Crippen LogP contribution in [0.4, 0.5) is 5.69 Å². The van der Waals surface area contributed by atoms with Crippen molar-refractivity contribution in [3.8, 4) is 0 Å². The Kier molecular flexibility index (Phi) is 7.25. The lowest BCUT2D eigenvalue weighted by atomic mass is 10.1. The van der Waals surface area contributed by atoms with Crippen LogP contribution in [-0.4, -0.2) is 11.5 Å². The number of unbranched alkanes of at least 4 members (excludes halogenated alkanes) is 5. The van der Waals surface area contributed by atoms with E-state index >= 15 is 0 Å². The van der Waals surface area contributed by atoms with E-state index in [1.807, 2.05) is 13.0 Å². The van der Waals surface area contributed by atoms with Crippen LogP contribution in [0.1, 0.15) is 51.1 Å². The van der Waals surface area contributed by atoms with Gasteiger partial charge in [0.15, 0.2) is 0 Å². The van der Waals surface area contributed by atoms with Gasteiger partial charge in [0.05, 0.1) is 11.4 Å². The van der Waals surface area contributed by atoms with Crippen LogP contribution in [0, 0.1) is 6.92 Å². The van der Waals surface area contributed by atoms with E-state index in [0.717, 1.165) is 22.5 Å². The molecule has 1 aromatic heterocycles. The zero-order valence-electron chi connectivity index (χ0n) is 10.9. The first kappa shape index (κ1) is 14.5. The number of aryl methyl sites for hydroxylation is 1. The summed E-state index contributed by atoms with van der Waals surface area (Å²) in [4.78, 5) is 4.37. The van der Waals surface area contributed by atoms with Crippen molar-refractivity contribution in [2.45, 2.75) is 52.4 Å². The molecule has 0 fully saturated rings. The number of pyridine rings is 1. The van der Waals surface area contributed by atoms with Crippen LogP contribution in [0.3, 0.4) is 0 Å². The summed E-state index contributed by atoms with van der Waals surface area (Å²) in [6, 6.07) is 4.07. The third kappa shape index (κ3) is 6.06. The molecule has 0 saturated heterocycles. The second-order valence-corrected chi connectivity index (χ2v) is 5.27. The molecule has 1 heterocycles. The van der Waals surface area contributed by atoms with Crippen LogP contribution >= 0.6 is 15.9 Å². The van der Waals surface area contributed by atoms with E-state index in [9.17, 15) is 0 Å². The number of anilines is 1. The molecule has 0 aliphatic carbocycles. The molecule has 0 aromatic carbocycles. The maximum atomic E-state index is 4.37. The average Bonchev–Trinajstić information content (AvgIpc) is 2.30. The predicted octanol–water partition coefficient (Wildman–Crippen LogP) is 4.92. The summed E-state index contributed by atoms with van der Waals surface area (Å²) in [5, 5.41) is 3.45. The van der Waals surface area contributed by atoms with Gasteiger partial charge in [-0.15, -0.1) is 0 Å². The maximum Gasteiger partial charge on any atom is 0.106 e. The maximum absolute atomic E-state index is 4.37. The van der Waals surface area contributed by atoms with Gasteiger partial charge in [-0.1, -0.05) is 39.0 Å². The SMILES string of the molecule is CCCCCCCCNc1ccc(Br)nc1C. The van der Waals surface area contributed by atoms with Gasteiger partial charge in [0, 0.05) is 6.54 Å². The standard InChI is InChI=1S/C14H23BrN2/c1-3-4-5-6-7-8-11-16-13-9-10-14(15)17-12(13)2/h9-10,16H,3-8,11H2,1-2H3. The van der Waals surface area contributed by atoms with E-state index in [2.05, 4.69) is 39.2 Å². The average molecular weight is 299 g/mol. The van der Waals surface area contributed by atoms with Crippen LogP contribution in [0.25, 0.3) is 0 Å². The van der Waals surface area contributed by atoms with Gasteiger partial charge >= 0.3 is 0 Å². The minimum atomic E-state index is 0.903. The number of halogens is 1. The third-order valence-corrected chi connectivity index (χ3v) is 3.34. The molecule has 96 valence electrons. The molecule has 0 atom stereocenters. The zero-order valence-corrected chi connectivity index (χ0v) is 12.5. The number of aromatic nitrogens is 1. The number of hydrogen-bond donors (Lipinski definition) is 1. The van der Waals surface area contributed by atoms with Gasteiger partial charge in [0.2, 0.25) is 0 Å². The molecule has 0 radical (unpaired) electrons. The molecule has 1 aromatic rings. The van der Waals surface area contributed by atoms with Crippen molar-refractivity contribution in [3.05, 3.63) is 22.4 Å². The van der Waals surface area contributed by atoms with Crippen LogP contribution in [0.2, 0.25) is 0 Å². The Morgan fingerprint density at radius 3 is 2.53 bits per heavy atom. The lowest BCUT2D eigenvalue weighted by molar-refractivity contribution is 0.617. The van der Waals surface area contributed by atoms with Gasteiger partial charge in [-0.05, 0) is 41.4 Å². The van der Waals surface area contributed by atoms with Crippen molar-refractivity contribution in [2.24, 2.45) is 0 Å². The van der Waals surface area contributed by atoms with E-state index in [4.69, 9.17) is 0 Å². The molecule has 1 rings (SSSR count). The number of nitrogens with one attached hydrogen (secondary N) is 1. The monoisotopic (exact) mass is 298 g/mol. The fourth-order valence-electron chi connectivity index (χ4n) is 1.85. The summed E-state index contributed by atoms with van der Waals surface area (Å²) >= 11 is 3.37. The summed E-state index contributed by atoms with van der Waals surface area (Å²) in [6.45, 7) is 5.34. The van der Waals surface area contributed by atoms with Crippen molar-refractivity contribution < 1.29 is 0 Å². The van der Waals surface area contributed by atoms with Crippen molar-refractivity contribution >= 4 is 21.6 Å². The van der Waals surface area contributed by atoms with Gasteiger partial charge in [0.25, 0.3) is 0 Å². The highest BCUT2D eigenvalue weighted by atomic mass is 79.9. The highest BCUT2D eigenvalue weighted by Gasteiger charge is 1.99. The Bertz CT molecular complexity index is 326. The molecule has 0 saturated carbocycles. The fourth-order valence-corrected chi connectivity index (χ4v) is 2.24. The summed E-state index contributed by atoms with van der Waals surface area (Å²) in [7, 11) is 0. The third-order valence-electron chi connectivity index (χ3n) is 2.90. The van der Waals surface area contributed by atoms with Gasteiger partial charge in [-0.25, -0.2) is 4.98 Å². The molecule has 0 unspecified atom stereocenters. The normalized spacial score (nSPS) is 10.5. The summed E-state index contributed by atoms with van der Waals surface area (Å²) in [6.07, 6.45) is 8.03. The second-order valence-electron chi connectivity index (χ2n) is 4.46. The largest absolute Gasteiger partial charge is 0.384 e. The molecule has 3 heteroatoms. The fraction of sp³-hybridized carbons (Fsp3) is 0.643. The Hall–Kier alpha value is -0.570. The Labute approximate surface area is 113 Å². The highest BCUT2D eigenvalue weighted by molar-refractivity contribution is 9.10. The highest BCUT2D eigenvalue weighted by Crippen LogP contribution is 2.16. The first-order valence-electron chi connectivity index (χ1n) is 6.61. The summed E-state index contributed by atoms with van der Waals surface area (Å²) in [5.74, 6) is 0. The Balaban J connectivity index is 2.14. The van der Waals surface area contributed by atoms with Gasteiger partial charge in [-0.2, -0.15) is 0 Å². The first-order valence-corrected chi connectivity index (χ1v) is 7.40. The first-order chi connectivity index (χ1) is 8.24. The van der Waals surface area contributed by atoms with Crippen LogP contribution in [0.15, 0.2) is 16.7 Å². The molecule has 2 nitrogen and oxygen atoms in total. The Morgan fingerprint density at radius 1 is 1.12 bits per heavy atom. The quantitative estimate of drug-likeness (QED) is 0.544. The van der Waals surface area contributed by atoms with Crippen molar-refractivity contribution in [1.29, 1.82) is 0 Å². The van der Waals surface area contributed by atoms with Gasteiger partial charge < -0.3 is 5.32 Å². The number of hydrogen-bond acceptors (Lipinski definition) is 2. The molecule has 1 N–H and O–H groups in total. The summed E-state index contributed by atoms with van der Waals surface area (Å²) in [5.41, 5.74) is 2.21. The molecular weight excluding hydrogens is 276 g/mol. The molecule has 0 amide bonds. The second kappa shape index (κ2) is 8.51. The Morgan fingerprint density at radius 2 is 1.82 bits per heavy atom. The van der Waals surface area contributed by atoms with E-state index < -0.39 is 0 Å². The van der Waals surface area contributed by atoms with Crippen molar-refractivity contribution in [2.75, 3.05) is 11.9 Å². The molecular formula is C14H23BrN2. The lowest BCUT2D eigenvalue weighted by Gasteiger charge is -2.08. The van der Waals surface area contributed by atoms with E-state index in [1.165, 1.54) is 38.5 Å². The lowest BCUT2D eigenvalue weighted by Crippen LogP contribution is -2.03. The van der Waals surface area contributed by atoms with E-state index in [-0.39, 0.29) is 0 Å². The smallest absolute Gasteiger partial charge is 0.106 e. The van der Waals surface area contributed by atoms with Crippen molar-refractivity contribution in [1.82, 2.24) is 4.98 Å². The predicted molar refractivity (Wildman–Crippen MR) is 78.5 cm³/mol. The van der Waals surface area contributed by atoms with E-state index in [0.29, 0.717) is 0 Å². The summed E-state index contributed by atoms with van der Waals surface area (Å²) < 4.78 is 0.903. The van der Waals surface area contributed by atoms with Gasteiger partial charge in [0.1, 0.15) is 4.60 Å². The van der Waals surface area contributed by atoms with Crippen LogP contribution < -0.4 is 5.32 Å². The molecule has 0 spiro atoms. The molecule has 0 bridgehead atoms. The van der Waals surface area contributed by atoms with Gasteiger partial charge in [-0.3, -0.25) is 0 Å².